The zero-order valence-corrected chi connectivity index (χ0v) is 10.1. The highest BCUT2D eigenvalue weighted by atomic mass is 19.3. The Balaban J connectivity index is 2.56. The van der Waals surface area contributed by atoms with Crippen molar-refractivity contribution < 1.29 is 27.4 Å². The van der Waals surface area contributed by atoms with Gasteiger partial charge in [0.25, 0.3) is 0 Å². The fourth-order valence-corrected chi connectivity index (χ4v) is 1.33. The lowest BCUT2D eigenvalue weighted by Gasteiger charge is -2.18. The molecular formula is C11H14F4N2O2. The number of nitrogen functional groups attached to an aromatic ring is 1. The summed E-state index contributed by atoms with van der Waals surface area (Å²) in [5, 5.41) is 9.68. The molecular weight excluding hydrogens is 268 g/mol. The second-order valence-electron chi connectivity index (χ2n) is 4.08. The Morgan fingerprint density at radius 3 is 2.68 bits per heavy atom. The molecule has 1 unspecified atom stereocenters. The van der Waals surface area contributed by atoms with Gasteiger partial charge in [0.05, 0.1) is 6.61 Å². The van der Waals surface area contributed by atoms with Crippen molar-refractivity contribution in [2.75, 3.05) is 18.9 Å². The van der Waals surface area contributed by atoms with Gasteiger partial charge >= 0.3 is 12.3 Å². The van der Waals surface area contributed by atoms with Crippen LogP contribution in [0.4, 0.5) is 23.4 Å². The van der Waals surface area contributed by atoms with Crippen LogP contribution in [0.15, 0.2) is 12.3 Å². The molecule has 0 saturated heterocycles. The summed E-state index contributed by atoms with van der Waals surface area (Å²) in [6.07, 6.45) is -3.65. The Kier molecular flexibility index (Phi) is 5.07. The van der Waals surface area contributed by atoms with Crippen molar-refractivity contribution in [2.45, 2.75) is 25.4 Å². The predicted octanol–water partition coefficient (Wildman–Crippen LogP) is 1.92. The van der Waals surface area contributed by atoms with Gasteiger partial charge in [0.1, 0.15) is 18.5 Å². The van der Waals surface area contributed by atoms with Gasteiger partial charge in [0.2, 0.25) is 0 Å². The van der Waals surface area contributed by atoms with Gasteiger partial charge in [0.15, 0.2) is 0 Å². The number of nitrogens with two attached hydrogens (primary N) is 1. The lowest BCUT2D eigenvalue weighted by Crippen LogP contribution is -2.33. The third-order valence-electron chi connectivity index (χ3n) is 2.33. The minimum atomic E-state index is -4.24. The summed E-state index contributed by atoms with van der Waals surface area (Å²) in [6, 6.07) is 1.52. The van der Waals surface area contributed by atoms with Gasteiger partial charge in [-0.15, -0.1) is 0 Å². The highest BCUT2D eigenvalue weighted by Crippen LogP contribution is 2.24. The number of rotatable bonds is 6. The molecule has 1 aromatic rings. The van der Waals surface area contributed by atoms with Crippen LogP contribution in [0.5, 0.6) is 0 Å². The first-order valence-electron chi connectivity index (χ1n) is 5.38. The fourth-order valence-electron chi connectivity index (χ4n) is 1.33. The topological polar surface area (TPSA) is 68.4 Å². The van der Waals surface area contributed by atoms with Gasteiger partial charge in [-0.25, -0.2) is 13.8 Å². The van der Waals surface area contributed by atoms with Crippen LogP contribution in [0.2, 0.25) is 0 Å². The van der Waals surface area contributed by atoms with E-state index >= 15 is 0 Å². The normalized spacial score (nSPS) is 13.8. The highest BCUT2D eigenvalue weighted by Gasteiger charge is 2.41. The molecule has 19 heavy (non-hydrogen) atoms. The lowest BCUT2D eigenvalue weighted by atomic mass is 10.1. The standard InChI is InChI=1S/C11H14F4N2O2/c1-6-2-7(9(16)17-3-6)8(18)4-19-5-11(14,15)10(12)13/h2-3,8,10,18H,4-5H2,1H3,(H2,16,17). The largest absolute Gasteiger partial charge is 0.386 e. The second-order valence-corrected chi connectivity index (χ2v) is 4.08. The molecule has 4 nitrogen and oxygen atoms in total. The minimum absolute atomic E-state index is 0.0299. The molecule has 8 heteroatoms. The fraction of sp³-hybridized carbons (Fsp3) is 0.545. The molecule has 3 N–H and O–H groups in total. The Morgan fingerprint density at radius 2 is 2.11 bits per heavy atom. The van der Waals surface area contributed by atoms with Crippen LogP contribution in [0.25, 0.3) is 0 Å². The molecule has 0 saturated carbocycles. The summed E-state index contributed by atoms with van der Waals surface area (Å²) < 4.78 is 53.2. The predicted molar refractivity (Wildman–Crippen MR) is 60.1 cm³/mol. The van der Waals surface area contributed by atoms with Gasteiger partial charge in [-0.3, -0.25) is 0 Å². The maximum absolute atomic E-state index is 12.5. The van der Waals surface area contributed by atoms with Crippen LogP contribution in [-0.4, -0.2) is 35.7 Å². The van der Waals surface area contributed by atoms with Crippen molar-refractivity contribution in [1.29, 1.82) is 0 Å². The van der Waals surface area contributed by atoms with Crippen molar-refractivity contribution in [3.63, 3.8) is 0 Å². The monoisotopic (exact) mass is 282 g/mol. The number of hydrogen-bond donors (Lipinski definition) is 2. The number of aryl methyl sites for hydroxylation is 1. The molecule has 0 amide bonds. The van der Waals surface area contributed by atoms with Gasteiger partial charge in [-0.1, -0.05) is 0 Å². The van der Waals surface area contributed by atoms with E-state index in [4.69, 9.17) is 5.73 Å². The molecule has 0 aromatic carbocycles. The Hall–Kier alpha value is -1.41. The Morgan fingerprint density at radius 1 is 1.47 bits per heavy atom. The van der Waals surface area contributed by atoms with Crippen LogP contribution < -0.4 is 5.73 Å². The SMILES string of the molecule is Cc1cnc(N)c(C(O)COCC(F)(F)C(F)F)c1. The van der Waals surface area contributed by atoms with E-state index in [0.717, 1.165) is 0 Å². The maximum atomic E-state index is 12.5. The minimum Gasteiger partial charge on any atom is -0.386 e. The zero-order chi connectivity index (χ0) is 14.6. The second kappa shape index (κ2) is 6.16. The molecule has 1 atom stereocenters. The first-order valence-corrected chi connectivity index (χ1v) is 5.38. The third-order valence-corrected chi connectivity index (χ3v) is 2.33. The molecule has 0 aliphatic carbocycles. The molecule has 0 radical (unpaired) electrons. The van der Waals surface area contributed by atoms with E-state index in [-0.39, 0.29) is 11.4 Å². The number of aromatic nitrogens is 1. The first kappa shape index (κ1) is 15.6. The summed E-state index contributed by atoms with van der Waals surface area (Å²) in [5.41, 5.74) is 6.42. The van der Waals surface area contributed by atoms with E-state index in [2.05, 4.69) is 9.72 Å². The van der Waals surface area contributed by atoms with Gasteiger partial charge in [0, 0.05) is 11.8 Å². The van der Waals surface area contributed by atoms with Crippen LogP contribution in [0.3, 0.4) is 0 Å². The number of ether oxygens (including phenoxy) is 1. The molecule has 0 aliphatic heterocycles. The summed E-state index contributed by atoms with van der Waals surface area (Å²) in [7, 11) is 0. The molecule has 0 aliphatic rings. The average molecular weight is 282 g/mol. The van der Waals surface area contributed by atoms with Crippen molar-refractivity contribution in [3.8, 4) is 0 Å². The van der Waals surface area contributed by atoms with E-state index in [1.54, 1.807) is 6.92 Å². The number of aliphatic hydroxyl groups excluding tert-OH is 1. The van der Waals surface area contributed by atoms with Crippen LogP contribution in [-0.2, 0) is 4.74 Å². The van der Waals surface area contributed by atoms with E-state index in [1.165, 1.54) is 12.3 Å². The van der Waals surface area contributed by atoms with Gasteiger partial charge < -0.3 is 15.6 Å². The molecule has 0 bridgehead atoms. The molecule has 0 spiro atoms. The van der Waals surface area contributed by atoms with Crippen molar-refractivity contribution in [1.82, 2.24) is 4.98 Å². The highest BCUT2D eigenvalue weighted by molar-refractivity contribution is 5.42. The molecule has 1 aromatic heterocycles. The number of halogens is 4. The molecule has 1 rings (SSSR count). The van der Waals surface area contributed by atoms with E-state index < -0.39 is 31.7 Å². The number of aliphatic hydroxyl groups is 1. The summed E-state index contributed by atoms with van der Waals surface area (Å²) in [5.74, 6) is -4.21. The Labute approximate surface area is 107 Å². The quantitative estimate of drug-likeness (QED) is 0.782. The number of anilines is 1. The summed E-state index contributed by atoms with van der Waals surface area (Å²) >= 11 is 0. The summed E-state index contributed by atoms with van der Waals surface area (Å²) in [6.45, 7) is -0.340. The van der Waals surface area contributed by atoms with Crippen LogP contribution in [0, 0.1) is 6.92 Å². The van der Waals surface area contributed by atoms with Crippen LogP contribution >= 0.6 is 0 Å². The number of hydrogen-bond acceptors (Lipinski definition) is 4. The molecule has 0 fully saturated rings. The smallest absolute Gasteiger partial charge is 0.330 e. The number of alkyl halides is 4. The van der Waals surface area contributed by atoms with E-state index in [0.29, 0.717) is 5.56 Å². The lowest BCUT2D eigenvalue weighted by molar-refractivity contribution is -0.170. The van der Waals surface area contributed by atoms with E-state index in [9.17, 15) is 22.7 Å². The molecule has 108 valence electrons. The zero-order valence-electron chi connectivity index (χ0n) is 10.1. The number of nitrogens with zero attached hydrogens (tertiary/aromatic N) is 1. The van der Waals surface area contributed by atoms with Crippen LogP contribution in [0.1, 0.15) is 17.2 Å². The average Bonchev–Trinajstić information content (AvgIpc) is 2.31. The van der Waals surface area contributed by atoms with Crippen molar-refractivity contribution in [3.05, 3.63) is 23.4 Å². The molecule has 1 heterocycles. The maximum Gasteiger partial charge on any atom is 0.330 e. The van der Waals surface area contributed by atoms with Gasteiger partial charge in [-0.2, -0.15) is 8.78 Å². The number of pyridine rings is 1. The van der Waals surface area contributed by atoms with Crippen molar-refractivity contribution in [2.24, 2.45) is 0 Å². The first-order chi connectivity index (χ1) is 8.74. The third kappa shape index (κ3) is 4.32. The van der Waals surface area contributed by atoms with Gasteiger partial charge in [-0.05, 0) is 18.6 Å². The van der Waals surface area contributed by atoms with Crippen molar-refractivity contribution >= 4 is 5.82 Å². The van der Waals surface area contributed by atoms with E-state index in [1.807, 2.05) is 0 Å². The summed E-state index contributed by atoms with van der Waals surface area (Å²) in [4.78, 5) is 3.78. The Bertz CT molecular complexity index is 429.